The summed E-state index contributed by atoms with van der Waals surface area (Å²) >= 11 is 1.79. The smallest absolute Gasteiger partial charge is 0.380 e. The Bertz CT molecular complexity index is 443. The molecule has 106 valence electrons. The quantitative estimate of drug-likeness (QED) is 0.850. The first-order valence-electron chi connectivity index (χ1n) is 6.31. The Balaban J connectivity index is 2.24. The lowest BCUT2D eigenvalue weighted by molar-refractivity contribution is -0.137. The average Bonchev–Trinajstić information content (AvgIpc) is 2.31. The third-order valence-electron chi connectivity index (χ3n) is 3.68. The molecule has 19 heavy (non-hydrogen) atoms. The zero-order valence-electron chi connectivity index (χ0n) is 11.1. The molecule has 1 aromatic carbocycles. The maximum absolute atomic E-state index is 12.9. The maximum atomic E-state index is 12.9. The molecule has 2 rings (SSSR count). The predicted octanol–water partition coefficient (Wildman–Crippen LogP) is 4.65. The number of nitrogens with one attached hydrogen (secondary N) is 1. The average molecular weight is 289 g/mol. The fourth-order valence-electron chi connectivity index (χ4n) is 2.22. The van der Waals surface area contributed by atoms with E-state index in [1.165, 1.54) is 12.1 Å². The second kappa shape index (κ2) is 5.27. The van der Waals surface area contributed by atoms with Gasteiger partial charge in [0, 0.05) is 17.5 Å². The summed E-state index contributed by atoms with van der Waals surface area (Å²) in [5.41, 5.74) is -0.374. The Morgan fingerprint density at radius 2 is 1.95 bits per heavy atom. The first kappa shape index (κ1) is 14.6. The number of halogens is 3. The van der Waals surface area contributed by atoms with E-state index in [1.807, 2.05) is 0 Å². The zero-order valence-corrected chi connectivity index (χ0v) is 11.9. The summed E-state index contributed by atoms with van der Waals surface area (Å²) in [6, 6.07) is 5.77. The minimum Gasteiger partial charge on any atom is -0.380 e. The first-order chi connectivity index (χ1) is 8.81. The summed E-state index contributed by atoms with van der Waals surface area (Å²) in [6.07, 6.45) is -3.29. The second-order valence-corrected chi connectivity index (χ2v) is 6.70. The topological polar surface area (TPSA) is 12.0 Å². The molecule has 0 aliphatic carbocycles. The molecule has 1 aliphatic rings. The molecule has 1 fully saturated rings. The number of rotatable bonds is 2. The third-order valence-corrected chi connectivity index (χ3v) is 4.74. The van der Waals surface area contributed by atoms with Crippen LogP contribution in [0.25, 0.3) is 0 Å². The Labute approximate surface area is 116 Å². The molecule has 0 amide bonds. The molecule has 0 radical (unpaired) electrons. The van der Waals surface area contributed by atoms with Crippen molar-refractivity contribution in [2.24, 2.45) is 5.41 Å². The maximum Gasteiger partial charge on any atom is 0.418 e. The van der Waals surface area contributed by atoms with Gasteiger partial charge in [0.2, 0.25) is 0 Å². The van der Waals surface area contributed by atoms with Gasteiger partial charge in [0.15, 0.2) is 0 Å². The number of thioether (sulfide) groups is 1. The molecule has 1 saturated heterocycles. The Morgan fingerprint density at radius 3 is 2.58 bits per heavy atom. The van der Waals surface area contributed by atoms with E-state index in [0.29, 0.717) is 0 Å². The van der Waals surface area contributed by atoms with Gasteiger partial charge in [0.25, 0.3) is 0 Å². The van der Waals surface area contributed by atoms with Crippen LogP contribution in [0.2, 0.25) is 0 Å². The standard InChI is InChI=1S/C14H18F3NS/c1-13(2)7-8-19-9-12(13)18-11-6-4-3-5-10(11)14(15,16)17/h3-6,12,18H,7-9H2,1-2H3. The highest BCUT2D eigenvalue weighted by atomic mass is 32.2. The fraction of sp³-hybridized carbons (Fsp3) is 0.571. The van der Waals surface area contributed by atoms with Crippen molar-refractivity contribution in [2.45, 2.75) is 32.5 Å². The summed E-state index contributed by atoms with van der Waals surface area (Å²) in [7, 11) is 0. The number of benzene rings is 1. The number of alkyl halides is 3. The molecule has 0 bridgehead atoms. The van der Waals surface area contributed by atoms with Crippen molar-refractivity contribution in [3.05, 3.63) is 29.8 Å². The highest BCUT2D eigenvalue weighted by Gasteiger charge is 2.36. The van der Waals surface area contributed by atoms with Crippen LogP contribution in [-0.2, 0) is 6.18 Å². The van der Waals surface area contributed by atoms with E-state index in [1.54, 1.807) is 17.8 Å². The lowest BCUT2D eigenvalue weighted by Gasteiger charge is -2.39. The molecule has 1 N–H and O–H groups in total. The number of para-hydroxylation sites is 1. The highest BCUT2D eigenvalue weighted by Crippen LogP contribution is 2.39. The van der Waals surface area contributed by atoms with Gasteiger partial charge in [-0.05, 0) is 29.7 Å². The van der Waals surface area contributed by atoms with Gasteiger partial charge in [-0.3, -0.25) is 0 Å². The van der Waals surface area contributed by atoms with Gasteiger partial charge < -0.3 is 5.32 Å². The SMILES string of the molecule is CC1(C)CCSCC1Nc1ccccc1C(F)(F)F. The van der Waals surface area contributed by atoms with Crippen LogP contribution in [-0.4, -0.2) is 17.5 Å². The van der Waals surface area contributed by atoms with Gasteiger partial charge in [0.05, 0.1) is 5.56 Å². The van der Waals surface area contributed by atoms with Crippen molar-refractivity contribution in [2.75, 3.05) is 16.8 Å². The number of hydrogen-bond acceptors (Lipinski definition) is 2. The molecule has 1 nitrogen and oxygen atoms in total. The summed E-state index contributed by atoms with van der Waals surface area (Å²) in [4.78, 5) is 0. The van der Waals surface area contributed by atoms with Gasteiger partial charge in [-0.1, -0.05) is 26.0 Å². The summed E-state index contributed by atoms with van der Waals surface area (Å²) < 4.78 is 38.8. The third kappa shape index (κ3) is 3.38. The van der Waals surface area contributed by atoms with Crippen molar-refractivity contribution >= 4 is 17.4 Å². The molecule has 1 aromatic rings. The molecule has 1 heterocycles. The normalized spacial score (nSPS) is 23.1. The monoisotopic (exact) mass is 289 g/mol. The van der Waals surface area contributed by atoms with Gasteiger partial charge in [0.1, 0.15) is 0 Å². The van der Waals surface area contributed by atoms with Crippen molar-refractivity contribution in [1.29, 1.82) is 0 Å². The van der Waals surface area contributed by atoms with Gasteiger partial charge in [-0.15, -0.1) is 0 Å². The lowest BCUT2D eigenvalue weighted by Crippen LogP contribution is -2.42. The van der Waals surface area contributed by atoms with E-state index >= 15 is 0 Å². The van der Waals surface area contributed by atoms with Crippen molar-refractivity contribution in [3.8, 4) is 0 Å². The van der Waals surface area contributed by atoms with Crippen LogP contribution < -0.4 is 5.32 Å². The second-order valence-electron chi connectivity index (χ2n) is 5.55. The van der Waals surface area contributed by atoms with Crippen molar-refractivity contribution in [1.82, 2.24) is 0 Å². The van der Waals surface area contributed by atoms with Crippen LogP contribution in [0.15, 0.2) is 24.3 Å². The Hall–Kier alpha value is -0.840. The molecule has 5 heteroatoms. The Morgan fingerprint density at radius 1 is 1.26 bits per heavy atom. The molecule has 1 atom stereocenters. The van der Waals surface area contributed by atoms with Gasteiger partial charge in [-0.25, -0.2) is 0 Å². The molecule has 1 unspecified atom stereocenters. The predicted molar refractivity (Wildman–Crippen MR) is 74.6 cm³/mol. The van der Waals surface area contributed by atoms with E-state index in [0.717, 1.165) is 24.0 Å². The first-order valence-corrected chi connectivity index (χ1v) is 7.47. The summed E-state index contributed by atoms with van der Waals surface area (Å²) in [5, 5.41) is 3.11. The highest BCUT2D eigenvalue weighted by molar-refractivity contribution is 7.99. The van der Waals surface area contributed by atoms with Crippen molar-refractivity contribution in [3.63, 3.8) is 0 Å². The van der Waals surface area contributed by atoms with Crippen LogP contribution in [0.5, 0.6) is 0 Å². The fourth-order valence-corrected chi connectivity index (χ4v) is 3.82. The molecular weight excluding hydrogens is 271 g/mol. The van der Waals surface area contributed by atoms with Crippen LogP contribution in [0.3, 0.4) is 0 Å². The molecule has 1 aliphatic heterocycles. The summed E-state index contributed by atoms with van der Waals surface area (Å²) in [5.74, 6) is 1.92. The van der Waals surface area contributed by atoms with E-state index in [4.69, 9.17) is 0 Å². The largest absolute Gasteiger partial charge is 0.418 e. The lowest BCUT2D eigenvalue weighted by atomic mass is 9.82. The van der Waals surface area contributed by atoms with Gasteiger partial charge >= 0.3 is 6.18 Å². The van der Waals surface area contributed by atoms with E-state index in [2.05, 4.69) is 19.2 Å². The van der Waals surface area contributed by atoms with Crippen LogP contribution in [0.4, 0.5) is 18.9 Å². The van der Waals surface area contributed by atoms with Gasteiger partial charge in [-0.2, -0.15) is 24.9 Å². The van der Waals surface area contributed by atoms with Crippen LogP contribution >= 0.6 is 11.8 Å². The minimum atomic E-state index is -4.31. The number of anilines is 1. The molecule has 0 spiro atoms. The van der Waals surface area contributed by atoms with Crippen LogP contribution in [0, 0.1) is 5.41 Å². The summed E-state index contributed by atoms with van der Waals surface area (Å²) in [6.45, 7) is 4.22. The van der Waals surface area contributed by atoms with Crippen molar-refractivity contribution < 1.29 is 13.2 Å². The van der Waals surface area contributed by atoms with E-state index in [-0.39, 0.29) is 17.1 Å². The number of hydrogen-bond donors (Lipinski definition) is 1. The molecular formula is C14H18F3NS. The van der Waals surface area contributed by atoms with E-state index < -0.39 is 11.7 Å². The minimum absolute atomic E-state index is 0.0178. The van der Waals surface area contributed by atoms with Crippen LogP contribution in [0.1, 0.15) is 25.8 Å². The van der Waals surface area contributed by atoms with E-state index in [9.17, 15) is 13.2 Å². The zero-order chi connectivity index (χ0) is 14.1. The Kier molecular flexibility index (Phi) is 4.04. The molecule has 0 aromatic heterocycles. The molecule has 0 saturated carbocycles.